The fourth-order valence-corrected chi connectivity index (χ4v) is 3.55. The summed E-state index contributed by atoms with van der Waals surface area (Å²) in [5.74, 6) is -0.966. The van der Waals surface area contributed by atoms with Gasteiger partial charge in [0.15, 0.2) is 6.61 Å². The van der Waals surface area contributed by atoms with E-state index in [0.29, 0.717) is 23.1 Å². The second-order valence-corrected chi connectivity index (χ2v) is 7.30. The SMILES string of the molecule is O=C(O)COc1cc(Cl)c(Cc2ccc(O)c(-c3cccc(OC(F)F)c3)c2)c(Cl)c1. The number of phenolic OH excluding ortho intramolecular Hbond substituents is 1. The van der Waals surface area contributed by atoms with Crippen molar-refractivity contribution in [1.82, 2.24) is 0 Å². The molecule has 0 heterocycles. The first-order valence-electron chi connectivity index (χ1n) is 8.92. The Kier molecular flexibility index (Phi) is 7.20. The lowest BCUT2D eigenvalue weighted by atomic mass is 9.98. The topological polar surface area (TPSA) is 76.0 Å². The molecule has 3 aromatic rings. The van der Waals surface area contributed by atoms with Crippen LogP contribution in [0.5, 0.6) is 17.2 Å². The Hall–Kier alpha value is -3.03. The summed E-state index contributed by atoms with van der Waals surface area (Å²) in [6.45, 7) is -3.48. The summed E-state index contributed by atoms with van der Waals surface area (Å²) in [5, 5.41) is 19.6. The molecule has 0 saturated heterocycles. The molecule has 0 saturated carbocycles. The maximum atomic E-state index is 12.5. The number of ether oxygens (including phenoxy) is 2. The molecule has 5 nitrogen and oxygen atoms in total. The third-order valence-electron chi connectivity index (χ3n) is 4.29. The molecule has 3 aromatic carbocycles. The van der Waals surface area contributed by atoms with Crippen molar-refractivity contribution in [3.63, 3.8) is 0 Å². The van der Waals surface area contributed by atoms with Crippen molar-refractivity contribution in [3.8, 4) is 28.4 Å². The van der Waals surface area contributed by atoms with Gasteiger partial charge in [0.25, 0.3) is 0 Å². The van der Waals surface area contributed by atoms with E-state index in [9.17, 15) is 18.7 Å². The van der Waals surface area contributed by atoms with Crippen molar-refractivity contribution >= 4 is 29.2 Å². The number of aliphatic carboxylic acids is 1. The van der Waals surface area contributed by atoms with Crippen LogP contribution >= 0.6 is 23.2 Å². The van der Waals surface area contributed by atoms with Crippen molar-refractivity contribution in [3.05, 3.63) is 75.8 Å². The zero-order valence-corrected chi connectivity index (χ0v) is 17.3. The number of aromatic hydroxyl groups is 1. The third kappa shape index (κ3) is 5.99. The smallest absolute Gasteiger partial charge is 0.387 e. The van der Waals surface area contributed by atoms with Gasteiger partial charge in [-0.1, -0.05) is 41.4 Å². The van der Waals surface area contributed by atoms with Crippen molar-refractivity contribution in [2.75, 3.05) is 6.61 Å². The second kappa shape index (κ2) is 9.85. The van der Waals surface area contributed by atoms with Gasteiger partial charge in [-0.15, -0.1) is 0 Å². The van der Waals surface area contributed by atoms with E-state index in [4.69, 9.17) is 33.0 Å². The molecule has 0 atom stereocenters. The molecule has 2 N–H and O–H groups in total. The van der Waals surface area contributed by atoms with Crippen LogP contribution in [0.15, 0.2) is 54.6 Å². The molecule has 0 fully saturated rings. The van der Waals surface area contributed by atoms with Crippen LogP contribution in [-0.4, -0.2) is 29.4 Å². The highest BCUT2D eigenvalue weighted by atomic mass is 35.5. The molecule has 162 valence electrons. The lowest BCUT2D eigenvalue weighted by Crippen LogP contribution is -2.09. The first-order valence-corrected chi connectivity index (χ1v) is 9.68. The van der Waals surface area contributed by atoms with Gasteiger partial charge < -0.3 is 19.7 Å². The summed E-state index contributed by atoms with van der Waals surface area (Å²) in [6, 6.07) is 13.8. The first-order chi connectivity index (χ1) is 14.7. The van der Waals surface area contributed by atoms with Crippen molar-refractivity contribution < 1.29 is 33.3 Å². The van der Waals surface area contributed by atoms with Crippen molar-refractivity contribution in [2.24, 2.45) is 0 Å². The second-order valence-electron chi connectivity index (χ2n) is 6.48. The van der Waals surface area contributed by atoms with Crippen LogP contribution in [0.3, 0.4) is 0 Å². The maximum absolute atomic E-state index is 12.5. The summed E-state index contributed by atoms with van der Waals surface area (Å²) in [5.41, 5.74) is 2.24. The monoisotopic (exact) mass is 468 g/mol. The Morgan fingerprint density at radius 2 is 1.71 bits per heavy atom. The summed E-state index contributed by atoms with van der Waals surface area (Å²) in [4.78, 5) is 10.6. The number of hydrogen-bond donors (Lipinski definition) is 2. The van der Waals surface area contributed by atoms with Gasteiger partial charge in [-0.25, -0.2) is 4.79 Å². The Balaban J connectivity index is 1.88. The molecule has 3 rings (SSSR count). The quantitative estimate of drug-likeness (QED) is 0.422. The van der Waals surface area contributed by atoms with Gasteiger partial charge in [-0.3, -0.25) is 0 Å². The minimum atomic E-state index is -2.96. The third-order valence-corrected chi connectivity index (χ3v) is 4.96. The molecule has 0 aromatic heterocycles. The minimum absolute atomic E-state index is 0.0275. The molecular weight excluding hydrogens is 453 g/mol. The number of halogens is 4. The number of phenols is 1. The number of benzene rings is 3. The van der Waals surface area contributed by atoms with E-state index in [-0.39, 0.29) is 27.3 Å². The van der Waals surface area contributed by atoms with E-state index in [2.05, 4.69) is 4.74 Å². The average Bonchev–Trinajstić information content (AvgIpc) is 2.70. The molecule has 0 aliphatic heterocycles. The number of carboxylic acid groups (broad SMARTS) is 1. The Morgan fingerprint density at radius 1 is 1.00 bits per heavy atom. The van der Waals surface area contributed by atoms with Gasteiger partial charge in [0, 0.05) is 22.0 Å². The highest BCUT2D eigenvalue weighted by molar-refractivity contribution is 6.36. The number of hydrogen-bond acceptors (Lipinski definition) is 4. The van der Waals surface area contributed by atoms with E-state index in [1.54, 1.807) is 24.3 Å². The standard InChI is InChI=1S/C22H16Cl2F2O5/c23-18-9-15(30-11-21(28)29)10-19(24)17(18)7-12-4-5-20(27)16(6-12)13-2-1-3-14(8-13)31-22(25)26/h1-6,8-10,22,27H,7,11H2,(H,28,29). The van der Waals surface area contributed by atoms with Gasteiger partial charge in [0.05, 0.1) is 0 Å². The molecule has 0 aliphatic carbocycles. The van der Waals surface area contributed by atoms with E-state index in [0.717, 1.165) is 5.56 Å². The summed E-state index contributed by atoms with van der Waals surface area (Å²) >= 11 is 12.6. The Morgan fingerprint density at radius 3 is 2.35 bits per heavy atom. The van der Waals surface area contributed by atoms with Gasteiger partial charge in [0.1, 0.15) is 17.2 Å². The number of alkyl halides is 2. The van der Waals surface area contributed by atoms with Crippen LogP contribution < -0.4 is 9.47 Å². The van der Waals surface area contributed by atoms with Crippen LogP contribution in [0.2, 0.25) is 10.0 Å². The lowest BCUT2D eigenvalue weighted by Gasteiger charge is -2.13. The van der Waals surface area contributed by atoms with E-state index in [1.165, 1.54) is 30.3 Å². The predicted octanol–water partition coefficient (Wildman–Crippen LogP) is 6.02. The van der Waals surface area contributed by atoms with Gasteiger partial charge in [-0.05, 0) is 53.1 Å². The number of carbonyl (C=O) groups is 1. The Labute approximate surface area is 186 Å². The van der Waals surface area contributed by atoms with E-state index in [1.807, 2.05) is 0 Å². The molecule has 31 heavy (non-hydrogen) atoms. The summed E-state index contributed by atoms with van der Waals surface area (Å²) in [7, 11) is 0. The fraction of sp³-hybridized carbons (Fsp3) is 0.136. The number of carboxylic acids is 1. The molecule has 0 bridgehead atoms. The Bertz CT molecular complexity index is 1080. The lowest BCUT2D eigenvalue weighted by molar-refractivity contribution is -0.139. The normalized spacial score (nSPS) is 10.9. The highest BCUT2D eigenvalue weighted by Gasteiger charge is 2.14. The molecule has 0 amide bonds. The maximum Gasteiger partial charge on any atom is 0.387 e. The van der Waals surface area contributed by atoms with Crippen molar-refractivity contribution in [1.29, 1.82) is 0 Å². The van der Waals surface area contributed by atoms with Crippen LogP contribution in [0, 0.1) is 0 Å². The molecule has 0 unspecified atom stereocenters. The van der Waals surface area contributed by atoms with E-state index < -0.39 is 19.2 Å². The van der Waals surface area contributed by atoms with Crippen LogP contribution in [-0.2, 0) is 11.2 Å². The van der Waals surface area contributed by atoms with Gasteiger partial charge in [-0.2, -0.15) is 8.78 Å². The zero-order chi connectivity index (χ0) is 22.5. The number of rotatable bonds is 8. The average molecular weight is 469 g/mol. The summed E-state index contributed by atoms with van der Waals surface area (Å²) in [6.07, 6.45) is 0.303. The predicted molar refractivity (Wildman–Crippen MR) is 113 cm³/mol. The summed E-state index contributed by atoms with van der Waals surface area (Å²) < 4.78 is 34.5. The van der Waals surface area contributed by atoms with E-state index >= 15 is 0 Å². The molecule has 0 spiro atoms. The molecule has 9 heteroatoms. The van der Waals surface area contributed by atoms with Crippen molar-refractivity contribution in [2.45, 2.75) is 13.0 Å². The zero-order valence-electron chi connectivity index (χ0n) is 15.8. The van der Waals surface area contributed by atoms with Gasteiger partial charge >= 0.3 is 12.6 Å². The van der Waals surface area contributed by atoms with Crippen LogP contribution in [0.25, 0.3) is 11.1 Å². The highest BCUT2D eigenvalue weighted by Crippen LogP contribution is 2.36. The van der Waals surface area contributed by atoms with Crippen LogP contribution in [0.1, 0.15) is 11.1 Å². The minimum Gasteiger partial charge on any atom is -0.507 e. The molecule has 0 radical (unpaired) electrons. The molecule has 0 aliphatic rings. The molecular formula is C22H16Cl2F2O5. The van der Waals surface area contributed by atoms with Gasteiger partial charge in [0.2, 0.25) is 0 Å². The van der Waals surface area contributed by atoms with Crippen LogP contribution in [0.4, 0.5) is 8.78 Å². The largest absolute Gasteiger partial charge is 0.507 e. The fourth-order valence-electron chi connectivity index (χ4n) is 2.95. The first kappa shape index (κ1) is 22.7.